The van der Waals surface area contributed by atoms with Crippen molar-refractivity contribution in [1.82, 2.24) is 0 Å². The Morgan fingerprint density at radius 1 is 0.559 bits per heavy atom. The lowest BCUT2D eigenvalue weighted by Crippen LogP contribution is -2.04. The Morgan fingerprint density at radius 2 is 1.03 bits per heavy atom. The molecule has 0 heterocycles. The van der Waals surface area contributed by atoms with Crippen molar-refractivity contribution in [2.45, 2.75) is 46.5 Å². The summed E-state index contributed by atoms with van der Waals surface area (Å²) in [6.07, 6.45) is 3.35. The third-order valence-corrected chi connectivity index (χ3v) is 13.1. The maximum Gasteiger partial charge on any atom is 0.167 e. The van der Waals surface area contributed by atoms with Gasteiger partial charge >= 0.3 is 0 Å². The molecule has 0 N–H and O–H groups in total. The molecule has 0 fully saturated rings. The van der Waals surface area contributed by atoms with E-state index in [4.69, 9.17) is 21.1 Å². The summed E-state index contributed by atoms with van der Waals surface area (Å²) in [7, 11) is 3.29. The molecule has 6 aromatic rings. The first-order valence-corrected chi connectivity index (χ1v) is 22.0. The predicted molar refractivity (Wildman–Crippen MR) is 250 cm³/mol. The highest BCUT2D eigenvalue weighted by atomic mass is 127. The van der Waals surface area contributed by atoms with Crippen molar-refractivity contribution in [2.24, 2.45) is 17.8 Å². The molecule has 0 bridgehead atoms. The van der Waals surface area contributed by atoms with Crippen LogP contribution < -0.4 is 9.47 Å². The van der Waals surface area contributed by atoms with Crippen LogP contribution in [0.25, 0.3) is 22.3 Å². The third kappa shape index (κ3) is 9.28. The van der Waals surface area contributed by atoms with Gasteiger partial charge in [0, 0.05) is 48.6 Å². The number of rotatable bonds is 6. The van der Waals surface area contributed by atoms with E-state index in [0.717, 1.165) is 84.2 Å². The predicted octanol–water partition coefficient (Wildman–Crippen LogP) is 13.1. The van der Waals surface area contributed by atoms with Crippen molar-refractivity contribution in [2.75, 3.05) is 14.2 Å². The van der Waals surface area contributed by atoms with Crippen molar-refractivity contribution in [3.8, 4) is 33.8 Å². The van der Waals surface area contributed by atoms with Crippen molar-refractivity contribution >= 4 is 67.5 Å². The van der Waals surface area contributed by atoms with Gasteiger partial charge in [-0.05, 0) is 129 Å². The lowest BCUT2D eigenvalue weighted by atomic mass is 10.00. The number of Topliss-reactive ketones (excluding diaryl/α,β-unsaturated/α-hetero) is 3. The fourth-order valence-electron chi connectivity index (χ4n) is 8.24. The van der Waals surface area contributed by atoms with Crippen LogP contribution in [0.2, 0.25) is 5.02 Å². The number of carbonyl (C=O) groups is 3. The van der Waals surface area contributed by atoms with Crippen molar-refractivity contribution in [1.29, 1.82) is 0 Å². The Hall–Kier alpha value is -4.57. The average molecular weight is 980 g/mol. The fraction of sp³-hybridized carbons (Fsp3) is 0.235. The Bertz CT molecular complexity index is 2550. The number of methoxy groups -OCH3 is 2. The molecule has 0 radical (unpaired) electrons. The molecule has 0 aliphatic heterocycles. The van der Waals surface area contributed by atoms with E-state index in [2.05, 4.69) is 87.1 Å². The minimum Gasteiger partial charge on any atom is -0.497 e. The number of hydrogen-bond donors (Lipinski definition) is 0. The molecule has 9 rings (SSSR count). The van der Waals surface area contributed by atoms with Gasteiger partial charge in [-0.1, -0.05) is 127 Å². The second kappa shape index (κ2) is 18.4. The second-order valence-electron chi connectivity index (χ2n) is 15.6. The lowest BCUT2D eigenvalue weighted by molar-refractivity contribution is 0.0938. The van der Waals surface area contributed by atoms with Gasteiger partial charge in [-0.3, -0.25) is 14.4 Å². The zero-order valence-electron chi connectivity index (χ0n) is 33.7. The van der Waals surface area contributed by atoms with Gasteiger partial charge in [-0.15, -0.1) is 0 Å². The van der Waals surface area contributed by atoms with Crippen LogP contribution in [0.15, 0.2) is 120 Å². The SMILES string of the molecule is CC1Cc2cc(-c3ccccc3)cc(Br)c2C1=O.CC1Cc2cc(Cc3ccccc3)cc(Cl)c2C1=O.COc1cc(OC)cc(-c2cc(I)c3c(c2)CC(C)C3=O)c1. The Labute approximate surface area is 373 Å². The molecule has 5 nitrogen and oxygen atoms in total. The Kier molecular flexibility index (Phi) is 13.2. The van der Waals surface area contributed by atoms with Crippen LogP contribution >= 0.6 is 50.1 Å². The summed E-state index contributed by atoms with van der Waals surface area (Å²) < 4.78 is 12.6. The number of ether oxygens (including phenoxy) is 2. The molecular formula is C51H45BrClIO5. The van der Waals surface area contributed by atoms with Crippen molar-refractivity contribution < 1.29 is 23.9 Å². The summed E-state index contributed by atoms with van der Waals surface area (Å²) in [6.45, 7) is 5.96. The van der Waals surface area contributed by atoms with Gasteiger partial charge in [0.1, 0.15) is 11.5 Å². The van der Waals surface area contributed by atoms with Gasteiger partial charge < -0.3 is 9.47 Å². The number of ketones is 3. The molecule has 3 unspecified atom stereocenters. The number of fused-ring (bicyclic) bond motifs is 3. The molecule has 59 heavy (non-hydrogen) atoms. The first kappa shape index (κ1) is 42.6. The highest BCUT2D eigenvalue weighted by Gasteiger charge is 2.31. The summed E-state index contributed by atoms with van der Waals surface area (Å²) in [6, 6.07) is 38.8. The smallest absolute Gasteiger partial charge is 0.167 e. The van der Waals surface area contributed by atoms with Crippen LogP contribution in [0.5, 0.6) is 11.5 Å². The molecular weight excluding hydrogens is 935 g/mol. The summed E-state index contributed by atoms with van der Waals surface area (Å²) in [5.41, 5.74) is 12.8. The Balaban J connectivity index is 0.000000135. The van der Waals surface area contributed by atoms with E-state index in [9.17, 15) is 14.4 Å². The molecule has 8 heteroatoms. The maximum absolute atomic E-state index is 12.2. The minimum atomic E-state index is 0.0690. The van der Waals surface area contributed by atoms with Gasteiger partial charge in [-0.2, -0.15) is 0 Å². The molecule has 6 aromatic carbocycles. The topological polar surface area (TPSA) is 69.7 Å². The molecule has 3 atom stereocenters. The highest BCUT2D eigenvalue weighted by molar-refractivity contribution is 14.1. The van der Waals surface area contributed by atoms with Crippen molar-refractivity contribution in [3.63, 3.8) is 0 Å². The van der Waals surface area contributed by atoms with E-state index >= 15 is 0 Å². The minimum absolute atomic E-state index is 0.0690. The summed E-state index contributed by atoms with van der Waals surface area (Å²) >= 11 is 12.1. The van der Waals surface area contributed by atoms with Gasteiger partial charge in [0.05, 0.1) is 19.2 Å². The zero-order chi connectivity index (χ0) is 42.0. The third-order valence-electron chi connectivity index (χ3n) is 11.3. The monoisotopic (exact) mass is 978 g/mol. The fourth-order valence-corrected chi connectivity index (χ4v) is 10.2. The van der Waals surface area contributed by atoms with E-state index in [-0.39, 0.29) is 35.1 Å². The molecule has 0 saturated carbocycles. The standard InChI is InChI=1S/C18H17IO3.C17H15ClO.C16H13BrO/c1-10-4-13-5-11(8-16(19)17(13)18(10)20)12-6-14(21-2)9-15(7-12)22-3;1-11-7-14-9-13(8-12-5-3-2-4-6-12)10-15(18)16(14)17(11)19;1-10-7-13-8-12(11-5-3-2-4-6-11)9-14(17)15(13)16(10)18/h5-10H,4H2,1-3H3;2-6,9-11H,7-8H2,1H3;2-6,8-10H,7H2,1H3. The van der Waals surface area contributed by atoms with Gasteiger partial charge in [0.25, 0.3) is 0 Å². The largest absolute Gasteiger partial charge is 0.497 e. The maximum atomic E-state index is 12.2. The molecule has 300 valence electrons. The first-order valence-electron chi connectivity index (χ1n) is 19.8. The van der Waals surface area contributed by atoms with Crippen LogP contribution in [0.4, 0.5) is 0 Å². The average Bonchev–Trinajstić information content (AvgIpc) is 3.82. The quantitative estimate of drug-likeness (QED) is 0.156. The summed E-state index contributed by atoms with van der Waals surface area (Å²) in [5, 5.41) is 0.609. The van der Waals surface area contributed by atoms with Gasteiger partial charge in [0.2, 0.25) is 0 Å². The summed E-state index contributed by atoms with van der Waals surface area (Å²) in [5.74, 6) is 2.49. The van der Waals surface area contributed by atoms with Crippen LogP contribution in [-0.2, 0) is 25.7 Å². The molecule has 0 aromatic heterocycles. The van der Waals surface area contributed by atoms with E-state index < -0.39 is 0 Å². The summed E-state index contributed by atoms with van der Waals surface area (Å²) in [4.78, 5) is 36.3. The molecule has 0 amide bonds. The van der Waals surface area contributed by atoms with Crippen LogP contribution in [0.3, 0.4) is 0 Å². The first-order chi connectivity index (χ1) is 28.3. The van der Waals surface area contributed by atoms with E-state index in [1.54, 1.807) is 14.2 Å². The van der Waals surface area contributed by atoms with Crippen LogP contribution in [-0.4, -0.2) is 31.6 Å². The lowest BCUT2D eigenvalue weighted by Gasteiger charge is -2.11. The number of carbonyl (C=O) groups excluding carboxylic acids is 3. The number of benzene rings is 6. The highest BCUT2D eigenvalue weighted by Crippen LogP contribution is 2.39. The molecule has 3 aliphatic carbocycles. The normalized spacial score (nSPS) is 17.3. The van der Waals surface area contributed by atoms with E-state index in [1.165, 1.54) is 27.8 Å². The Morgan fingerprint density at radius 3 is 1.61 bits per heavy atom. The van der Waals surface area contributed by atoms with Gasteiger partial charge in [0.15, 0.2) is 17.3 Å². The molecule has 3 aliphatic rings. The number of hydrogen-bond acceptors (Lipinski definition) is 5. The number of halogens is 3. The van der Waals surface area contributed by atoms with Crippen LogP contribution in [0, 0.1) is 21.3 Å². The zero-order valence-corrected chi connectivity index (χ0v) is 38.2. The molecule has 0 saturated heterocycles. The van der Waals surface area contributed by atoms with E-state index in [0.29, 0.717) is 5.02 Å². The van der Waals surface area contributed by atoms with E-state index in [1.807, 2.05) is 87.5 Å². The van der Waals surface area contributed by atoms with Crippen LogP contribution in [0.1, 0.15) is 79.7 Å². The van der Waals surface area contributed by atoms with Crippen molar-refractivity contribution in [3.05, 3.63) is 173 Å². The second-order valence-corrected chi connectivity index (χ2v) is 18.1. The molecule has 0 spiro atoms. The van der Waals surface area contributed by atoms with Gasteiger partial charge in [-0.25, -0.2) is 0 Å².